The molecular weight excluding hydrogens is 554 g/mol. The van der Waals surface area contributed by atoms with E-state index >= 15 is 4.39 Å². The number of anilines is 1. The first-order chi connectivity index (χ1) is 20.8. The number of amides is 3. The molecule has 2 saturated heterocycles. The molecule has 0 bridgehead atoms. The third-order valence-electron chi connectivity index (χ3n) is 8.37. The van der Waals surface area contributed by atoms with Crippen molar-refractivity contribution >= 4 is 29.5 Å². The van der Waals surface area contributed by atoms with Crippen molar-refractivity contribution in [2.45, 2.75) is 38.6 Å². The SMILES string of the molecule is C=Cc1ccc(N2CCN(Cc3ccc(COc4cccc5c4CN([C@H]4CCC(=O)NC4=O)C5=O)c(F)c3)CC2)c(F)c1. The van der Waals surface area contributed by atoms with Crippen molar-refractivity contribution in [1.82, 2.24) is 15.1 Å². The van der Waals surface area contributed by atoms with Gasteiger partial charge in [0.15, 0.2) is 0 Å². The Morgan fingerprint density at radius 1 is 0.977 bits per heavy atom. The van der Waals surface area contributed by atoms with Crippen molar-refractivity contribution in [3.8, 4) is 5.75 Å². The van der Waals surface area contributed by atoms with Gasteiger partial charge < -0.3 is 14.5 Å². The van der Waals surface area contributed by atoms with Gasteiger partial charge in [-0.1, -0.05) is 36.9 Å². The highest BCUT2D eigenvalue weighted by atomic mass is 19.1. The summed E-state index contributed by atoms with van der Waals surface area (Å²) in [4.78, 5) is 42.7. The number of hydrogen-bond acceptors (Lipinski definition) is 6. The molecule has 3 aliphatic heterocycles. The highest BCUT2D eigenvalue weighted by Gasteiger charge is 2.40. The van der Waals surface area contributed by atoms with Crippen molar-refractivity contribution in [3.63, 3.8) is 0 Å². The van der Waals surface area contributed by atoms with E-state index in [1.165, 1.54) is 17.0 Å². The second-order valence-electron chi connectivity index (χ2n) is 11.1. The average molecular weight is 587 g/mol. The molecule has 0 aromatic heterocycles. The van der Waals surface area contributed by atoms with Crippen molar-refractivity contribution in [1.29, 1.82) is 0 Å². The fourth-order valence-electron chi connectivity index (χ4n) is 5.97. The summed E-state index contributed by atoms with van der Waals surface area (Å²) >= 11 is 0. The lowest BCUT2D eigenvalue weighted by atomic mass is 10.0. The normalized spacial score (nSPS) is 18.9. The van der Waals surface area contributed by atoms with Crippen LogP contribution in [0.4, 0.5) is 14.5 Å². The molecule has 3 amide bonds. The van der Waals surface area contributed by atoms with Gasteiger partial charge >= 0.3 is 0 Å². The maximum Gasteiger partial charge on any atom is 0.255 e. The Labute approximate surface area is 248 Å². The van der Waals surface area contributed by atoms with Crippen LogP contribution in [-0.4, -0.2) is 59.7 Å². The highest BCUT2D eigenvalue weighted by molar-refractivity contribution is 6.05. The van der Waals surface area contributed by atoms with Crippen LogP contribution in [0.5, 0.6) is 5.75 Å². The number of nitrogens with one attached hydrogen (secondary N) is 1. The van der Waals surface area contributed by atoms with E-state index in [-0.39, 0.29) is 49.4 Å². The summed E-state index contributed by atoms with van der Waals surface area (Å²) in [5.41, 5.74) is 3.63. The molecule has 222 valence electrons. The molecule has 3 aromatic rings. The van der Waals surface area contributed by atoms with E-state index in [2.05, 4.69) is 16.8 Å². The first-order valence-corrected chi connectivity index (χ1v) is 14.4. The molecule has 10 heteroatoms. The third-order valence-corrected chi connectivity index (χ3v) is 8.37. The van der Waals surface area contributed by atoms with Gasteiger partial charge in [-0.3, -0.25) is 24.6 Å². The molecule has 3 aromatic carbocycles. The molecule has 0 spiro atoms. The maximum absolute atomic E-state index is 15.1. The number of rotatable bonds is 8. The van der Waals surface area contributed by atoms with Gasteiger partial charge in [-0.2, -0.15) is 0 Å². The van der Waals surface area contributed by atoms with E-state index in [1.54, 1.807) is 36.4 Å². The number of fused-ring (bicyclic) bond motifs is 1. The van der Waals surface area contributed by atoms with Gasteiger partial charge in [-0.05, 0) is 47.9 Å². The van der Waals surface area contributed by atoms with E-state index in [9.17, 15) is 18.8 Å². The average Bonchev–Trinajstić information content (AvgIpc) is 3.33. The molecule has 43 heavy (non-hydrogen) atoms. The van der Waals surface area contributed by atoms with Crippen molar-refractivity contribution in [3.05, 3.63) is 101 Å². The van der Waals surface area contributed by atoms with Gasteiger partial charge in [-0.25, -0.2) is 8.78 Å². The third kappa shape index (κ3) is 5.87. The largest absolute Gasteiger partial charge is 0.488 e. The minimum absolute atomic E-state index is 0.0238. The zero-order valence-corrected chi connectivity index (χ0v) is 23.7. The first-order valence-electron chi connectivity index (χ1n) is 14.4. The Hall–Kier alpha value is -4.57. The zero-order chi connectivity index (χ0) is 30.1. The Morgan fingerprint density at radius 2 is 1.79 bits per heavy atom. The molecule has 3 heterocycles. The molecule has 1 atom stereocenters. The minimum atomic E-state index is -0.719. The van der Waals surface area contributed by atoms with Crippen LogP contribution in [-0.2, 0) is 29.3 Å². The summed E-state index contributed by atoms with van der Waals surface area (Å²) in [6, 6.07) is 14.6. The molecule has 3 aliphatic rings. The Balaban J connectivity index is 1.05. The molecular formula is C33H32F2N4O4. The number of ether oxygens (including phenoxy) is 1. The predicted octanol–water partition coefficient (Wildman–Crippen LogP) is 4.27. The number of carbonyl (C=O) groups is 3. The van der Waals surface area contributed by atoms with Gasteiger partial charge in [0.25, 0.3) is 5.91 Å². The maximum atomic E-state index is 15.1. The van der Waals surface area contributed by atoms with Gasteiger partial charge in [0.05, 0.1) is 12.2 Å². The van der Waals surface area contributed by atoms with Crippen LogP contribution in [0.15, 0.2) is 61.2 Å². The number of hydrogen-bond donors (Lipinski definition) is 1. The van der Waals surface area contributed by atoms with Crippen LogP contribution in [0.1, 0.15) is 45.5 Å². The van der Waals surface area contributed by atoms with Crippen LogP contribution < -0.4 is 15.0 Å². The first kappa shape index (κ1) is 28.5. The molecule has 0 saturated carbocycles. The Morgan fingerprint density at radius 3 is 2.51 bits per heavy atom. The fourth-order valence-corrected chi connectivity index (χ4v) is 5.97. The van der Waals surface area contributed by atoms with Crippen molar-refractivity contribution in [2.75, 3.05) is 31.1 Å². The molecule has 6 rings (SSSR count). The van der Waals surface area contributed by atoms with Crippen LogP contribution in [0.3, 0.4) is 0 Å². The quantitative estimate of drug-likeness (QED) is 0.397. The lowest BCUT2D eigenvalue weighted by Crippen LogP contribution is -2.52. The van der Waals surface area contributed by atoms with Gasteiger partial charge in [0.1, 0.15) is 30.0 Å². The molecule has 2 fully saturated rings. The molecule has 8 nitrogen and oxygen atoms in total. The number of halogens is 2. The summed E-state index contributed by atoms with van der Waals surface area (Å²) in [5, 5.41) is 2.30. The smallest absolute Gasteiger partial charge is 0.255 e. The minimum Gasteiger partial charge on any atom is -0.488 e. The van der Waals surface area contributed by atoms with E-state index in [0.717, 1.165) is 24.2 Å². The number of piperidine rings is 1. The van der Waals surface area contributed by atoms with Gasteiger partial charge in [0.2, 0.25) is 11.8 Å². The van der Waals surface area contributed by atoms with Crippen LogP contribution in [0, 0.1) is 11.6 Å². The van der Waals surface area contributed by atoms with Crippen LogP contribution >= 0.6 is 0 Å². The lowest BCUT2D eigenvalue weighted by molar-refractivity contribution is -0.136. The summed E-state index contributed by atoms with van der Waals surface area (Å²) in [7, 11) is 0. The molecule has 0 unspecified atom stereocenters. The number of benzene rings is 3. The summed E-state index contributed by atoms with van der Waals surface area (Å²) in [6.07, 6.45) is 2.07. The van der Waals surface area contributed by atoms with E-state index in [4.69, 9.17) is 4.74 Å². The molecule has 1 N–H and O–H groups in total. The summed E-state index contributed by atoms with van der Waals surface area (Å²) in [6.45, 7) is 7.21. The molecule has 0 radical (unpaired) electrons. The van der Waals surface area contributed by atoms with E-state index in [0.29, 0.717) is 47.8 Å². The van der Waals surface area contributed by atoms with E-state index < -0.39 is 11.9 Å². The predicted molar refractivity (Wildman–Crippen MR) is 157 cm³/mol. The number of carbonyl (C=O) groups excluding carboxylic acids is 3. The monoisotopic (exact) mass is 586 g/mol. The second-order valence-corrected chi connectivity index (χ2v) is 11.1. The van der Waals surface area contributed by atoms with Gasteiger partial charge in [0, 0.05) is 55.8 Å². The number of imide groups is 1. The van der Waals surface area contributed by atoms with Gasteiger partial charge in [-0.15, -0.1) is 0 Å². The molecule has 0 aliphatic carbocycles. The Kier molecular flexibility index (Phi) is 7.94. The van der Waals surface area contributed by atoms with Crippen molar-refractivity contribution < 1.29 is 27.9 Å². The summed E-state index contributed by atoms with van der Waals surface area (Å²) in [5.74, 6) is -1.29. The number of nitrogens with zero attached hydrogens (tertiary/aromatic N) is 3. The highest BCUT2D eigenvalue weighted by Crippen LogP contribution is 2.34. The fraction of sp³-hybridized carbons (Fsp3) is 0.303. The second kappa shape index (κ2) is 12.0. The number of piperazine rings is 1. The lowest BCUT2D eigenvalue weighted by Gasteiger charge is -2.36. The van der Waals surface area contributed by atoms with Crippen LogP contribution in [0.25, 0.3) is 6.08 Å². The Bertz CT molecular complexity index is 1600. The van der Waals surface area contributed by atoms with Crippen molar-refractivity contribution in [2.24, 2.45) is 0 Å². The zero-order valence-electron chi connectivity index (χ0n) is 23.7. The van der Waals surface area contributed by atoms with E-state index in [1.807, 2.05) is 17.0 Å². The topological polar surface area (TPSA) is 82.2 Å². The standard InChI is InChI=1S/C33H32F2N4O4/c1-2-21-7-9-28(27(35)16-21)38-14-12-37(13-15-38)18-22-6-8-23(26(34)17-22)20-43-30-5-3-4-24-25(30)19-39(33(24)42)29-10-11-31(40)36-32(29)41/h2-9,16-17,29H,1,10-15,18-20H2,(H,36,40,41)/t29-/m0/s1. The summed E-state index contributed by atoms with van der Waals surface area (Å²) < 4.78 is 35.6. The van der Waals surface area contributed by atoms with Crippen LogP contribution in [0.2, 0.25) is 0 Å².